The van der Waals surface area contributed by atoms with Crippen LogP contribution in [0.2, 0.25) is 10.0 Å². The number of carbonyl (C=O) groups is 1. The molecule has 5 nitrogen and oxygen atoms in total. The molecule has 1 aromatic carbocycles. The van der Waals surface area contributed by atoms with E-state index in [4.69, 9.17) is 23.2 Å². The predicted octanol–water partition coefficient (Wildman–Crippen LogP) is 3.11. The number of carbonyl (C=O) groups excluding carboxylic acids is 1. The maximum absolute atomic E-state index is 10.9. The van der Waals surface area contributed by atoms with Crippen molar-refractivity contribution >= 4 is 34.7 Å². The van der Waals surface area contributed by atoms with Crippen molar-refractivity contribution < 1.29 is 9.72 Å². The topological polar surface area (TPSA) is 72.2 Å². The van der Waals surface area contributed by atoms with Gasteiger partial charge in [-0.15, -0.1) is 0 Å². The predicted molar refractivity (Wildman–Crippen MR) is 65.8 cm³/mol. The van der Waals surface area contributed by atoms with E-state index >= 15 is 0 Å². The van der Waals surface area contributed by atoms with Crippen LogP contribution in [-0.4, -0.2) is 10.7 Å². The first-order valence-electron chi connectivity index (χ1n) is 4.49. The van der Waals surface area contributed by atoms with E-state index in [0.717, 1.165) is 13.1 Å². The Morgan fingerprint density at radius 2 is 2.12 bits per heavy atom. The highest BCUT2D eigenvalue weighted by Crippen LogP contribution is 2.25. The SMILES string of the molecule is CC(=O)/C(=C/Nc1ccc(Cl)cc1Cl)[N+](=O)[O-]. The highest BCUT2D eigenvalue weighted by Gasteiger charge is 2.16. The fourth-order valence-corrected chi connectivity index (χ4v) is 1.50. The van der Waals surface area contributed by atoms with E-state index in [2.05, 4.69) is 5.32 Å². The minimum atomic E-state index is -0.765. The maximum Gasteiger partial charge on any atom is 0.327 e. The van der Waals surface area contributed by atoms with Gasteiger partial charge in [-0.2, -0.15) is 0 Å². The lowest BCUT2D eigenvalue weighted by molar-refractivity contribution is -0.418. The number of ketones is 1. The lowest BCUT2D eigenvalue weighted by Crippen LogP contribution is -2.09. The van der Waals surface area contributed by atoms with E-state index in [9.17, 15) is 14.9 Å². The summed E-state index contributed by atoms with van der Waals surface area (Å²) in [5.74, 6) is -0.646. The highest BCUT2D eigenvalue weighted by atomic mass is 35.5. The van der Waals surface area contributed by atoms with Crippen LogP contribution >= 0.6 is 23.2 Å². The van der Waals surface area contributed by atoms with Crippen molar-refractivity contribution in [2.24, 2.45) is 0 Å². The molecule has 0 aliphatic heterocycles. The first-order chi connectivity index (χ1) is 7.91. The quantitative estimate of drug-likeness (QED) is 0.520. The Labute approximate surface area is 107 Å². The van der Waals surface area contributed by atoms with Crippen molar-refractivity contribution in [3.63, 3.8) is 0 Å². The minimum Gasteiger partial charge on any atom is -0.355 e. The molecule has 0 unspecified atom stereocenters. The average molecular weight is 275 g/mol. The summed E-state index contributed by atoms with van der Waals surface area (Å²) in [6, 6.07) is 4.61. The van der Waals surface area contributed by atoms with Gasteiger partial charge in [0.25, 0.3) is 0 Å². The zero-order chi connectivity index (χ0) is 13.0. The molecule has 1 N–H and O–H groups in total. The lowest BCUT2D eigenvalue weighted by atomic mass is 10.3. The van der Waals surface area contributed by atoms with Gasteiger partial charge in [-0.05, 0) is 18.2 Å². The van der Waals surface area contributed by atoms with Gasteiger partial charge in [-0.3, -0.25) is 14.9 Å². The molecule has 0 atom stereocenters. The first-order valence-corrected chi connectivity index (χ1v) is 5.24. The molecular formula is C10H8Cl2N2O3. The molecule has 0 fully saturated rings. The van der Waals surface area contributed by atoms with Gasteiger partial charge < -0.3 is 5.32 Å². The standard InChI is InChI=1S/C10H8Cl2N2O3/c1-6(15)10(14(16)17)5-13-9-3-2-7(11)4-8(9)12/h2-5,13H,1H3/b10-5-. The second-order valence-electron chi connectivity index (χ2n) is 3.11. The van der Waals surface area contributed by atoms with Crippen LogP contribution in [0.15, 0.2) is 30.1 Å². The molecule has 1 rings (SSSR count). The monoisotopic (exact) mass is 274 g/mol. The van der Waals surface area contributed by atoms with Crippen molar-refractivity contribution in [3.05, 3.63) is 50.3 Å². The number of nitrogens with one attached hydrogen (secondary N) is 1. The van der Waals surface area contributed by atoms with Gasteiger partial charge in [0, 0.05) is 11.9 Å². The Kier molecular flexibility index (Phi) is 4.48. The molecule has 90 valence electrons. The Morgan fingerprint density at radius 3 is 2.59 bits per heavy atom. The summed E-state index contributed by atoms with van der Waals surface area (Å²) in [5.41, 5.74) is -0.118. The van der Waals surface area contributed by atoms with Crippen molar-refractivity contribution in [3.8, 4) is 0 Å². The summed E-state index contributed by atoms with van der Waals surface area (Å²) in [5, 5.41) is 13.9. The third-order valence-corrected chi connectivity index (χ3v) is 2.40. The van der Waals surface area contributed by atoms with E-state index in [-0.39, 0.29) is 0 Å². The van der Waals surface area contributed by atoms with E-state index < -0.39 is 16.4 Å². The van der Waals surface area contributed by atoms with Crippen molar-refractivity contribution in [2.75, 3.05) is 5.32 Å². The molecule has 17 heavy (non-hydrogen) atoms. The van der Waals surface area contributed by atoms with Crippen LogP contribution in [0.25, 0.3) is 0 Å². The van der Waals surface area contributed by atoms with Crippen molar-refractivity contribution in [1.29, 1.82) is 0 Å². The number of Topliss-reactive ketones (excluding diaryl/α,β-unsaturated/α-hetero) is 1. The van der Waals surface area contributed by atoms with Gasteiger partial charge in [0.2, 0.25) is 5.78 Å². The Bertz CT molecular complexity index is 484. The van der Waals surface area contributed by atoms with E-state index in [1.165, 1.54) is 6.07 Å². The molecule has 0 amide bonds. The fraction of sp³-hybridized carbons (Fsp3) is 0.100. The van der Waals surface area contributed by atoms with E-state index in [0.29, 0.717) is 15.7 Å². The molecule has 0 saturated heterocycles. The Morgan fingerprint density at radius 1 is 1.47 bits per heavy atom. The lowest BCUT2D eigenvalue weighted by Gasteiger charge is -2.03. The van der Waals surface area contributed by atoms with Crippen LogP contribution < -0.4 is 5.32 Å². The number of allylic oxidation sites excluding steroid dienone is 1. The molecule has 0 aliphatic rings. The normalized spacial score (nSPS) is 11.1. The van der Waals surface area contributed by atoms with E-state index in [1.807, 2.05) is 0 Å². The van der Waals surface area contributed by atoms with E-state index in [1.54, 1.807) is 12.1 Å². The zero-order valence-electron chi connectivity index (χ0n) is 8.74. The molecule has 0 heterocycles. The van der Waals surface area contributed by atoms with Crippen molar-refractivity contribution in [2.45, 2.75) is 6.92 Å². The molecule has 0 aliphatic carbocycles. The van der Waals surface area contributed by atoms with Gasteiger partial charge in [0.15, 0.2) is 0 Å². The molecular weight excluding hydrogens is 267 g/mol. The van der Waals surface area contributed by atoms with Gasteiger partial charge in [-0.1, -0.05) is 23.2 Å². The second-order valence-corrected chi connectivity index (χ2v) is 3.96. The molecule has 0 radical (unpaired) electrons. The van der Waals surface area contributed by atoms with Crippen LogP contribution in [0.1, 0.15) is 6.92 Å². The number of benzene rings is 1. The third kappa shape index (κ3) is 3.72. The molecule has 7 heteroatoms. The van der Waals surface area contributed by atoms with Crippen LogP contribution in [0, 0.1) is 10.1 Å². The molecule has 0 bridgehead atoms. The van der Waals surface area contributed by atoms with Gasteiger partial charge in [0.05, 0.1) is 21.8 Å². The summed E-state index contributed by atoms with van der Waals surface area (Å²) in [6.45, 7) is 1.11. The number of nitrogens with zero attached hydrogens (tertiary/aromatic N) is 1. The van der Waals surface area contributed by atoms with Crippen LogP contribution in [-0.2, 0) is 4.79 Å². The third-order valence-electron chi connectivity index (χ3n) is 1.85. The first kappa shape index (κ1) is 13.5. The molecule has 0 aromatic heterocycles. The number of anilines is 1. The highest BCUT2D eigenvalue weighted by molar-refractivity contribution is 6.36. The maximum atomic E-state index is 10.9. The molecule has 0 spiro atoms. The summed E-state index contributed by atoms with van der Waals surface area (Å²) >= 11 is 11.5. The van der Waals surface area contributed by atoms with Crippen LogP contribution in [0.3, 0.4) is 0 Å². The summed E-state index contributed by atoms with van der Waals surface area (Å²) in [6.07, 6.45) is 0.997. The van der Waals surface area contributed by atoms with Gasteiger partial charge in [-0.25, -0.2) is 0 Å². The zero-order valence-corrected chi connectivity index (χ0v) is 10.2. The number of nitro groups is 1. The number of halogens is 2. The fourth-order valence-electron chi connectivity index (χ4n) is 1.04. The molecule has 1 aromatic rings. The summed E-state index contributed by atoms with van der Waals surface area (Å²) in [4.78, 5) is 20.7. The largest absolute Gasteiger partial charge is 0.355 e. The van der Waals surface area contributed by atoms with Crippen LogP contribution in [0.5, 0.6) is 0 Å². The smallest absolute Gasteiger partial charge is 0.327 e. The number of hydrogen-bond acceptors (Lipinski definition) is 4. The van der Waals surface area contributed by atoms with Gasteiger partial charge >= 0.3 is 5.70 Å². The number of rotatable bonds is 4. The average Bonchev–Trinajstić information content (AvgIpc) is 2.20. The van der Waals surface area contributed by atoms with Crippen LogP contribution in [0.4, 0.5) is 5.69 Å². The van der Waals surface area contributed by atoms with Gasteiger partial charge in [0.1, 0.15) is 0 Å². The Hall–Kier alpha value is -1.59. The summed E-state index contributed by atoms with van der Waals surface area (Å²) < 4.78 is 0. The second kappa shape index (κ2) is 5.65. The minimum absolute atomic E-state index is 0.306. The molecule has 0 saturated carbocycles. The Balaban J connectivity index is 2.95. The number of hydrogen-bond donors (Lipinski definition) is 1. The summed E-state index contributed by atoms with van der Waals surface area (Å²) in [7, 11) is 0. The van der Waals surface area contributed by atoms with Crippen molar-refractivity contribution in [1.82, 2.24) is 0 Å².